The number of fused-ring (bicyclic) bond motifs is 1. The molecule has 0 unspecified atom stereocenters. The fourth-order valence-electron chi connectivity index (χ4n) is 1.58. The van der Waals surface area contributed by atoms with Gasteiger partial charge in [-0.1, -0.05) is 0 Å². The van der Waals surface area contributed by atoms with Crippen LogP contribution < -0.4 is 0 Å². The number of ketones is 2. The molecule has 0 fully saturated rings. The van der Waals surface area contributed by atoms with E-state index in [1.54, 1.807) is 0 Å². The summed E-state index contributed by atoms with van der Waals surface area (Å²) in [6, 6.07) is 2.22. The SMILES string of the molecule is CC1=CC(=O)c2cc(O)cc(O)c2C1=O. The molecule has 76 valence electrons. The van der Waals surface area contributed by atoms with Crippen molar-refractivity contribution < 1.29 is 19.8 Å². The molecule has 0 amide bonds. The van der Waals surface area contributed by atoms with Gasteiger partial charge in [0.2, 0.25) is 0 Å². The van der Waals surface area contributed by atoms with Crippen LogP contribution in [0.1, 0.15) is 27.6 Å². The smallest absolute Gasteiger partial charge is 0.193 e. The average Bonchev–Trinajstić information content (AvgIpc) is 2.13. The van der Waals surface area contributed by atoms with Gasteiger partial charge in [0.15, 0.2) is 11.6 Å². The first kappa shape index (κ1) is 9.45. The molecule has 0 saturated carbocycles. The van der Waals surface area contributed by atoms with Crippen LogP contribution in [0.2, 0.25) is 0 Å². The van der Waals surface area contributed by atoms with Crippen LogP contribution in [0.25, 0.3) is 0 Å². The van der Waals surface area contributed by atoms with Gasteiger partial charge in [-0.3, -0.25) is 9.59 Å². The number of benzene rings is 1. The molecular formula is C11H8O4. The topological polar surface area (TPSA) is 74.6 Å². The van der Waals surface area contributed by atoms with Crippen molar-refractivity contribution in [2.45, 2.75) is 6.92 Å². The maximum atomic E-state index is 11.6. The van der Waals surface area contributed by atoms with Crippen molar-refractivity contribution in [1.82, 2.24) is 0 Å². The van der Waals surface area contributed by atoms with Gasteiger partial charge >= 0.3 is 0 Å². The summed E-state index contributed by atoms with van der Waals surface area (Å²) >= 11 is 0. The standard InChI is InChI=1S/C11H8O4/c1-5-2-8(13)7-3-6(12)4-9(14)10(7)11(5)15/h2-4,12,14H,1H3. The number of phenols is 2. The molecule has 1 aromatic rings. The summed E-state index contributed by atoms with van der Waals surface area (Å²) in [6.45, 7) is 1.51. The van der Waals surface area contributed by atoms with E-state index in [2.05, 4.69) is 0 Å². The van der Waals surface area contributed by atoms with Crippen LogP contribution >= 0.6 is 0 Å². The lowest BCUT2D eigenvalue weighted by Crippen LogP contribution is -2.15. The molecule has 1 aliphatic carbocycles. The Morgan fingerprint density at radius 1 is 1.13 bits per heavy atom. The van der Waals surface area contributed by atoms with Crippen LogP contribution in [-0.4, -0.2) is 21.8 Å². The Hall–Kier alpha value is -2.10. The average molecular weight is 204 g/mol. The highest BCUT2D eigenvalue weighted by Crippen LogP contribution is 2.32. The Labute approximate surface area is 85.5 Å². The Bertz CT molecular complexity index is 512. The Kier molecular flexibility index (Phi) is 1.86. The van der Waals surface area contributed by atoms with E-state index < -0.39 is 0 Å². The monoisotopic (exact) mass is 204 g/mol. The molecule has 0 radical (unpaired) electrons. The molecule has 15 heavy (non-hydrogen) atoms. The van der Waals surface area contributed by atoms with Gasteiger partial charge in [-0.2, -0.15) is 0 Å². The lowest BCUT2D eigenvalue weighted by atomic mass is 9.89. The molecule has 0 aliphatic heterocycles. The molecule has 0 bridgehead atoms. The molecule has 0 heterocycles. The first-order chi connectivity index (χ1) is 7.00. The number of hydrogen-bond donors (Lipinski definition) is 2. The molecule has 1 aromatic carbocycles. The van der Waals surface area contributed by atoms with E-state index in [9.17, 15) is 19.8 Å². The second kappa shape index (κ2) is 2.95. The van der Waals surface area contributed by atoms with Crippen molar-refractivity contribution in [2.24, 2.45) is 0 Å². The maximum Gasteiger partial charge on any atom is 0.193 e. The minimum Gasteiger partial charge on any atom is -0.508 e. The van der Waals surface area contributed by atoms with Crippen LogP contribution in [0.4, 0.5) is 0 Å². The van der Waals surface area contributed by atoms with Gasteiger partial charge in [-0.25, -0.2) is 0 Å². The van der Waals surface area contributed by atoms with E-state index in [1.165, 1.54) is 19.1 Å². The Balaban J connectivity index is 2.78. The van der Waals surface area contributed by atoms with Crippen molar-refractivity contribution >= 4 is 11.6 Å². The fourth-order valence-corrected chi connectivity index (χ4v) is 1.58. The third-order valence-corrected chi connectivity index (χ3v) is 2.30. The van der Waals surface area contributed by atoms with Crippen LogP contribution in [0.3, 0.4) is 0 Å². The summed E-state index contributed by atoms with van der Waals surface area (Å²) in [4.78, 5) is 23.1. The van der Waals surface area contributed by atoms with Crippen molar-refractivity contribution in [3.05, 3.63) is 34.9 Å². The largest absolute Gasteiger partial charge is 0.508 e. The highest BCUT2D eigenvalue weighted by Gasteiger charge is 2.26. The van der Waals surface area contributed by atoms with Gasteiger partial charge in [0, 0.05) is 17.2 Å². The van der Waals surface area contributed by atoms with Gasteiger partial charge in [0.1, 0.15) is 11.5 Å². The van der Waals surface area contributed by atoms with E-state index >= 15 is 0 Å². The maximum absolute atomic E-state index is 11.6. The first-order valence-electron chi connectivity index (χ1n) is 4.34. The predicted molar refractivity (Wildman–Crippen MR) is 52.2 cm³/mol. The Morgan fingerprint density at radius 3 is 2.47 bits per heavy atom. The molecule has 0 atom stereocenters. The summed E-state index contributed by atoms with van der Waals surface area (Å²) in [6.07, 6.45) is 1.20. The first-order valence-corrected chi connectivity index (χ1v) is 4.34. The van der Waals surface area contributed by atoms with Crippen molar-refractivity contribution in [3.63, 3.8) is 0 Å². The number of hydrogen-bond acceptors (Lipinski definition) is 4. The van der Waals surface area contributed by atoms with Gasteiger partial charge in [-0.15, -0.1) is 0 Å². The van der Waals surface area contributed by atoms with Crippen LogP contribution in [0.5, 0.6) is 11.5 Å². The third-order valence-electron chi connectivity index (χ3n) is 2.30. The van der Waals surface area contributed by atoms with E-state index in [4.69, 9.17) is 0 Å². The lowest BCUT2D eigenvalue weighted by molar-refractivity contribution is 0.0981. The molecule has 4 nitrogen and oxygen atoms in total. The summed E-state index contributed by atoms with van der Waals surface area (Å²) in [5.74, 6) is -1.37. The number of carbonyl (C=O) groups excluding carboxylic acids is 2. The molecule has 4 heteroatoms. The number of allylic oxidation sites excluding steroid dienone is 2. The summed E-state index contributed by atoms with van der Waals surface area (Å²) in [7, 11) is 0. The third kappa shape index (κ3) is 1.30. The van der Waals surface area contributed by atoms with Crippen LogP contribution in [-0.2, 0) is 0 Å². The van der Waals surface area contributed by atoms with Gasteiger partial charge in [0.25, 0.3) is 0 Å². The molecule has 1 aliphatic rings. The molecule has 2 N–H and O–H groups in total. The molecule has 0 spiro atoms. The normalized spacial score (nSPS) is 14.9. The number of carbonyl (C=O) groups is 2. The van der Waals surface area contributed by atoms with E-state index in [0.717, 1.165) is 6.07 Å². The van der Waals surface area contributed by atoms with Gasteiger partial charge in [-0.05, 0) is 19.1 Å². The predicted octanol–water partition coefficient (Wildman–Crippen LogP) is 1.42. The summed E-state index contributed by atoms with van der Waals surface area (Å²) in [5, 5.41) is 18.7. The lowest BCUT2D eigenvalue weighted by Gasteiger charge is -2.13. The number of Topliss-reactive ketones (excluding diaryl/α,β-unsaturated/α-hetero) is 1. The molecule has 0 saturated heterocycles. The summed E-state index contributed by atoms with van der Waals surface area (Å²) in [5.41, 5.74) is 0.300. The fraction of sp³-hybridized carbons (Fsp3) is 0.0909. The quantitative estimate of drug-likeness (QED) is 0.670. The molecule has 0 aromatic heterocycles. The second-order valence-corrected chi connectivity index (χ2v) is 3.41. The second-order valence-electron chi connectivity index (χ2n) is 3.41. The highest BCUT2D eigenvalue weighted by atomic mass is 16.3. The van der Waals surface area contributed by atoms with E-state index in [-0.39, 0.29) is 39.8 Å². The minimum absolute atomic E-state index is 0.0298. The number of phenolic OH excluding ortho intramolecular Hbond substituents is 2. The number of rotatable bonds is 0. The zero-order chi connectivity index (χ0) is 11.2. The zero-order valence-electron chi connectivity index (χ0n) is 7.94. The minimum atomic E-state index is -0.387. The van der Waals surface area contributed by atoms with E-state index in [0.29, 0.717) is 0 Å². The van der Waals surface area contributed by atoms with Crippen molar-refractivity contribution in [3.8, 4) is 11.5 Å². The number of aromatic hydroxyl groups is 2. The molecule has 2 rings (SSSR count). The van der Waals surface area contributed by atoms with Gasteiger partial charge < -0.3 is 10.2 Å². The Morgan fingerprint density at radius 2 is 1.80 bits per heavy atom. The highest BCUT2D eigenvalue weighted by molar-refractivity contribution is 6.25. The van der Waals surface area contributed by atoms with E-state index in [1.807, 2.05) is 0 Å². The van der Waals surface area contributed by atoms with Crippen LogP contribution in [0.15, 0.2) is 23.8 Å². The van der Waals surface area contributed by atoms with Crippen molar-refractivity contribution in [1.29, 1.82) is 0 Å². The zero-order valence-corrected chi connectivity index (χ0v) is 7.94. The van der Waals surface area contributed by atoms with Crippen LogP contribution in [0, 0.1) is 0 Å². The van der Waals surface area contributed by atoms with Crippen molar-refractivity contribution in [2.75, 3.05) is 0 Å². The summed E-state index contributed by atoms with van der Waals surface area (Å²) < 4.78 is 0. The van der Waals surface area contributed by atoms with Gasteiger partial charge in [0.05, 0.1) is 5.56 Å². The molecular weight excluding hydrogens is 196 g/mol.